The number of rotatable bonds is 4. The summed E-state index contributed by atoms with van der Waals surface area (Å²) in [6.45, 7) is 1.77. The highest BCUT2D eigenvalue weighted by molar-refractivity contribution is 7.15. The number of carbonyl (C=O) groups is 2. The van der Waals surface area contributed by atoms with Crippen molar-refractivity contribution in [1.29, 1.82) is 0 Å². The molecule has 0 atom stereocenters. The minimum Gasteiger partial charge on any atom is -0.333 e. The van der Waals surface area contributed by atoms with Crippen molar-refractivity contribution in [3.8, 4) is 0 Å². The number of thiophene rings is 1. The molecule has 1 saturated carbocycles. The Morgan fingerprint density at radius 2 is 2.25 bits per heavy atom. The molecule has 1 aliphatic carbocycles. The second kappa shape index (κ2) is 6.52. The Kier molecular flexibility index (Phi) is 4.24. The predicted molar refractivity (Wildman–Crippen MR) is 94.1 cm³/mol. The molecule has 2 aromatic heterocycles. The Hall–Kier alpha value is -1.93. The van der Waals surface area contributed by atoms with Gasteiger partial charge in [-0.1, -0.05) is 17.4 Å². The Morgan fingerprint density at radius 1 is 1.38 bits per heavy atom. The second-order valence-corrected chi connectivity index (χ2v) is 8.18. The largest absolute Gasteiger partial charge is 0.333 e. The first-order chi connectivity index (χ1) is 11.7. The lowest BCUT2D eigenvalue weighted by Gasteiger charge is -2.26. The van der Waals surface area contributed by atoms with Gasteiger partial charge in [0.15, 0.2) is 5.13 Å². The molecule has 0 radical (unpaired) electrons. The quantitative estimate of drug-likeness (QED) is 0.878. The zero-order valence-electron chi connectivity index (χ0n) is 13.1. The molecule has 8 heteroatoms. The maximum absolute atomic E-state index is 12.3. The van der Waals surface area contributed by atoms with Crippen LogP contribution in [0.5, 0.6) is 0 Å². The fraction of sp³-hybridized carbons (Fsp3) is 0.438. The molecule has 3 heterocycles. The first-order valence-electron chi connectivity index (χ1n) is 8.03. The van der Waals surface area contributed by atoms with Crippen molar-refractivity contribution in [2.24, 2.45) is 5.92 Å². The van der Waals surface area contributed by atoms with Crippen LogP contribution in [0.25, 0.3) is 0 Å². The van der Waals surface area contributed by atoms with E-state index in [9.17, 15) is 9.59 Å². The van der Waals surface area contributed by atoms with E-state index in [1.54, 1.807) is 16.2 Å². The van der Waals surface area contributed by atoms with Crippen molar-refractivity contribution < 1.29 is 9.59 Å². The van der Waals surface area contributed by atoms with Gasteiger partial charge in [-0.05, 0) is 24.3 Å². The van der Waals surface area contributed by atoms with E-state index < -0.39 is 0 Å². The summed E-state index contributed by atoms with van der Waals surface area (Å²) in [7, 11) is 0. The second-order valence-electron chi connectivity index (χ2n) is 6.06. The molecule has 126 valence electrons. The fourth-order valence-corrected chi connectivity index (χ4v) is 4.33. The number of aromatic nitrogens is 1. The Labute approximate surface area is 147 Å². The summed E-state index contributed by atoms with van der Waals surface area (Å²) in [6, 6.07) is 3.94. The van der Waals surface area contributed by atoms with Gasteiger partial charge in [0.25, 0.3) is 0 Å². The van der Waals surface area contributed by atoms with Crippen LogP contribution in [0.15, 0.2) is 17.5 Å². The normalized spacial score (nSPS) is 16.6. The molecule has 0 aromatic carbocycles. The van der Waals surface area contributed by atoms with E-state index in [1.807, 2.05) is 17.5 Å². The summed E-state index contributed by atoms with van der Waals surface area (Å²) in [6.07, 6.45) is 2.70. The molecule has 2 aromatic rings. The zero-order chi connectivity index (χ0) is 16.5. The Balaban J connectivity index is 1.35. The lowest BCUT2D eigenvalue weighted by molar-refractivity contribution is -0.117. The summed E-state index contributed by atoms with van der Waals surface area (Å²) < 4.78 is 0. The summed E-state index contributed by atoms with van der Waals surface area (Å²) in [5.41, 5.74) is 1.01. The highest BCUT2D eigenvalue weighted by Gasteiger charge is 2.31. The molecule has 0 saturated heterocycles. The van der Waals surface area contributed by atoms with Gasteiger partial charge in [-0.3, -0.25) is 4.79 Å². The highest BCUT2D eigenvalue weighted by Crippen LogP contribution is 2.32. The van der Waals surface area contributed by atoms with Gasteiger partial charge >= 0.3 is 6.03 Å². The van der Waals surface area contributed by atoms with Crippen molar-refractivity contribution in [3.05, 3.63) is 33.0 Å². The van der Waals surface area contributed by atoms with Crippen LogP contribution in [-0.2, 0) is 24.3 Å². The van der Waals surface area contributed by atoms with Crippen LogP contribution in [0.4, 0.5) is 9.93 Å². The number of urea groups is 1. The van der Waals surface area contributed by atoms with Crippen LogP contribution in [0.3, 0.4) is 0 Å². The SMILES string of the molecule is O=C(Nc1nc2c(s1)CN(C(=O)NCc1cccs1)CC2)C1CC1. The molecular weight excluding hydrogens is 344 g/mol. The highest BCUT2D eigenvalue weighted by atomic mass is 32.1. The van der Waals surface area contributed by atoms with E-state index in [4.69, 9.17) is 0 Å². The average Bonchev–Trinajstić information content (AvgIpc) is 3.16. The lowest BCUT2D eigenvalue weighted by Crippen LogP contribution is -2.42. The number of fused-ring (bicyclic) bond motifs is 1. The first-order valence-corrected chi connectivity index (χ1v) is 9.73. The number of carbonyl (C=O) groups excluding carboxylic acids is 2. The summed E-state index contributed by atoms with van der Waals surface area (Å²) in [4.78, 5) is 32.7. The molecular formula is C16H18N4O2S2. The van der Waals surface area contributed by atoms with E-state index in [0.29, 0.717) is 24.8 Å². The van der Waals surface area contributed by atoms with Crippen LogP contribution in [0.2, 0.25) is 0 Å². The molecule has 3 amide bonds. The van der Waals surface area contributed by atoms with Crippen molar-refractivity contribution >= 4 is 39.7 Å². The minimum absolute atomic E-state index is 0.0500. The minimum atomic E-state index is -0.0500. The van der Waals surface area contributed by atoms with Gasteiger partial charge in [-0.2, -0.15) is 0 Å². The number of thiazole rings is 1. The van der Waals surface area contributed by atoms with Crippen molar-refractivity contribution in [2.75, 3.05) is 11.9 Å². The summed E-state index contributed by atoms with van der Waals surface area (Å²) >= 11 is 3.12. The molecule has 1 fully saturated rings. The van der Waals surface area contributed by atoms with Gasteiger partial charge in [0.1, 0.15) is 0 Å². The van der Waals surface area contributed by atoms with Crippen LogP contribution >= 0.6 is 22.7 Å². The molecule has 0 bridgehead atoms. The van der Waals surface area contributed by atoms with Crippen LogP contribution < -0.4 is 10.6 Å². The van der Waals surface area contributed by atoms with E-state index >= 15 is 0 Å². The fourth-order valence-electron chi connectivity index (χ4n) is 2.66. The average molecular weight is 362 g/mol. The monoisotopic (exact) mass is 362 g/mol. The van der Waals surface area contributed by atoms with Gasteiger partial charge < -0.3 is 15.5 Å². The number of nitrogens with one attached hydrogen (secondary N) is 2. The number of nitrogens with zero attached hydrogens (tertiary/aromatic N) is 2. The topological polar surface area (TPSA) is 74.3 Å². The molecule has 4 rings (SSSR count). The van der Waals surface area contributed by atoms with Gasteiger partial charge in [-0.15, -0.1) is 11.3 Å². The van der Waals surface area contributed by atoms with Gasteiger partial charge in [0.05, 0.1) is 18.8 Å². The maximum Gasteiger partial charge on any atom is 0.318 e. The third-order valence-electron chi connectivity index (χ3n) is 4.19. The number of anilines is 1. The molecule has 2 N–H and O–H groups in total. The molecule has 1 aliphatic heterocycles. The van der Waals surface area contributed by atoms with Gasteiger partial charge in [0, 0.05) is 28.6 Å². The van der Waals surface area contributed by atoms with Gasteiger partial charge in [0.2, 0.25) is 5.91 Å². The van der Waals surface area contributed by atoms with Gasteiger partial charge in [-0.25, -0.2) is 9.78 Å². The predicted octanol–water partition coefficient (Wildman–Crippen LogP) is 2.82. The Bertz CT molecular complexity index is 752. The van der Waals surface area contributed by atoms with Crippen molar-refractivity contribution in [1.82, 2.24) is 15.2 Å². The first kappa shape index (κ1) is 15.6. The number of amides is 3. The third kappa shape index (κ3) is 3.44. The smallest absolute Gasteiger partial charge is 0.318 e. The van der Waals surface area contributed by atoms with E-state index in [0.717, 1.165) is 34.7 Å². The number of hydrogen-bond acceptors (Lipinski definition) is 5. The molecule has 0 unspecified atom stereocenters. The zero-order valence-corrected chi connectivity index (χ0v) is 14.7. The van der Waals surface area contributed by atoms with Crippen LogP contribution in [0.1, 0.15) is 28.3 Å². The van der Waals surface area contributed by atoms with E-state index in [1.165, 1.54) is 11.3 Å². The summed E-state index contributed by atoms with van der Waals surface area (Å²) in [5, 5.41) is 8.53. The molecule has 24 heavy (non-hydrogen) atoms. The third-order valence-corrected chi connectivity index (χ3v) is 6.06. The van der Waals surface area contributed by atoms with E-state index in [2.05, 4.69) is 15.6 Å². The van der Waals surface area contributed by atoms with Crippen LogP contribution in [0, 0.1) is 5.92 Å². The Morgan fingerprint density at radius 3 is 3.00 bits per heavy atom. The summed E-state index contributed by atoms with van der Waals surface area (Å²) in [5.74, 6) is 0.247. The van der Waals surface area contributed by atoms with Crippen LogP contribution in [-0.4, -0.2) is 28.4 Å². The van der Waals surface area contributed by atoms with Crippen molar-refractivity contribution in [2.45, 2.75) is 32.4 Å². The molecule has 2 aliphatic rings. The maximum atomic E-state index is 12.3. The van der Waals surface area contributed by atoms with E-state index in [-0.39, 0.29) is 17.9 Å². The van der Waals surface area contributed by atoms with Crippen molar-refractivity contribution in [3.63, 3.8) is 0 Å². The lowest BCUT2D eigenvalue weighted by atomic mass is 10.2. The molecule has 0 spiro atoms. The molecule has 6 nitrogen and oxygen atoms in total. The standard InChI is InChI=1S/C16H18N4O2S2/c21-14(10-3-4-10)19-15-18-12-5-6-20(9-13(12)24-15)16(22)17-8-11-2-1-7-23-11/h1-2,7,10H,3-6,8-9H2,(H,17,22)(H,18,19,21). The number of hydrogen-bond donors (Lipinski definition) is 2.